The van der Waals surface area contributed by atoms with Gasteiger partial charge in [-0.3, -0.25) is 0 Å². The maximum atomic E-state index is 6.92. The van der Waals surface area contributed by atoms with E-state index in [2.05, 4.69) is 97.4 Å². The minimum atomic E-state index is -2.51. The normalized spacial score (nSPS) is 12.2. The Morgan fingerprint density at radius 3 is 1.81 bits per heavy atom. The van der Waals surface area contributed by atoms with E-state index in [0.29, 0.717) is 11.6 Å². The van der Waals surface area contributed by atoms with E-state index in [-0.39, 0.29) is 5.04 Å². The fourth-order valence-electron chi connectivity index (χ4n) is 3.58. The number of halogens is 2. The molecule has 0 saturated heterocycles. The largest absolute Gasteiger partial charge is 0.403 e. The second-order valence-corrected chi connectivity index (χ2v) is 13.3. The van der Waals surface area contributed by atoms with Gasteiger partial charge in [-0.2, -0.15) is 0 Å². The van der Waals surface area contributed by atoms with Crippen LogP contribution in [0, 0.1) is 0 Å². The van der Waals surface area contributed by atoms with Crippen LogP contribution in [0.25, 0.3) is 0 Å². The van der Waals surface area contributed by atoms with E-state index in [1.165, 1.54) is 10.4 Å². The molecule has 0 aromatic heterocycles. The molecular weight excluding hydrogens is 436 g/mol. The highest BCUT2D eigenvalue weighted by atomic mass is 79.9. The molecule has 0 radical (unpaired) electrons. The van der Waals surface area contributed by atoms with Gasteiger partial charge in [0.05, 0.1) is 11.6 Å². The summed E-state index contributed by atoms with van der Waals surface area (Å²) in [6.07, 6.45) is 0. The highest BCUT2D eigenvalue weighted by Gasteiger charge is 2.50. The molecule has 3 rings (SSSR count). The summed E-state index contributed by atoms with van der Waals surface area (Å²) in [4.78, 5) is 0. The van der Waals surface area contributed by atoms with Crippen LogP contribution in [0.1, 0.15) is 26.3 Å². The number of benzene rings is 3. The number of rotatable bonds is 5. The van der Waals surface area contributed by atoms with Crippen molar-refractivity contribution in [2.45, 2.75) is 32.4 Å². The van der Waals surface area contributed by atoms with Gasteiger partial charge in [-0.25, -0.2) is 0 Å². The van der Waals surface area contributed by atoms with Crippen LogP contribution >= 0.6 is 27.5 Å². The Labute approximate surface area is 176 Å². The Hall–Kier alpha value is -1.39. The zero-order valence-corrected chi connectivity index (χ0v) is 19.2. The molecule has 140 valence electrons. The summed E-state index contributed by atoms with van der Waals surface area (Å²) in [6, 6.07) is 27.4. The summed E-state index contributed by atoms with van der Waals surface area (Å²) in [7, 11) is -2.51. The van der Waals surface area contributed by atoms with Crippen molar-refractivity contribution in [2.24, 2.45) is 0 Å². The van der Waals surface area contributed by atoms with Gasteiger partial charge in [-0.1, -0.05) is 99.1 Å². The molecule has 0 aliphatic carbocycles. The van der Waals surface area contributed by atoms with Crippen LogP contribution in [-0.2, 0) is 11.0 Å². The standard InChI is InChI=1S/C23H24BrClOSi/c1-23(2,3)27(19-10-6-4-7-11-19,20-12-8-5-9-13-20)26-17-18-14-15-22(25)21(24)16-18/h4-16H,17H2,1-3H3. The van der Waals surface area contributed by atoms with Crippen molar-refractivity contribution in [3.05, 3.63) is 93.9 Å². The predicted molar refractivity (Wildman–Crippen MR) is 122 cm³/mol. The molecule has 27 heavy (non-hydrogen) atoms. The van der Waals surface area contributed by atoms with Crippen molar-refractivity contribution in [1.29, 1.82) is 0 Å². The van der Waals surface area contributed by atoms with Crippen LogP contribution in [0.2, 0.25) is 10.1 Å². The lowest BCUT2D eigenvalue weighted by atomic mass is 10.2. The lowest BCUT2D eigenvalue weighted by Gasteiger charge is -2.43. The van der Waals surface area contributed by atoms with Gasteiger partial charge in [-0.15, -0.1) is 0 Å². The van der Waals surface area contributed by atoms with E-state index >= 15 is 0 Å². The Bertz CT molecular complexity index is 852. The van der Waals surface area contributed by atoms with Crippen molar-refractivity contribution in [3.8, 4) is 0 Å². The van der Waals surface area contributed by atoms with E-state index in [4.69, 9.17) is 16.0 Å². The number of hydrogen-bond acceptors (Lipinski definition) is 1. The molecule has 0 spiro atoms. The Balaban J connectivity index is 2.10. The molecule has 0 unspecified atom stereocenters. The average molecular weight is 460 g/mol. The van der Waals surface area contributed by atoms with Crippen molar-refractivity contribution >= 4 is 46.2 Å². The van der Waals surface area contributed by atoms with Crippen LogP contribution in [0.4, 0.5) is 0 Å². The van der Waals surface area contributed by atoms with Crippen molar-refractivity contribution in [1.82, 2.24) is 0 Å². The fourth-order valence-corrected chi connectivity index (χ4v) is 8.66. The molecule has 3 aromatic carbocycles. The lowest BCUT2D eigenvalue weighted by Crippen LogP contribution is -2.66. The zero-order valence-electron chi connectivity index (χ0n) is 15.9. The molecule has 0 amide bonds. The van der Waals surface area contributed by atoms with Gasteiger partial charge in [0.1, 0.15) is 0 Å². The summed E-state index contributed by atoms with van der Waals surface area (Å²) in [5, 5.41) is 3.26. The van der Waals surface area contributed by atoms with Crippen LogP contribution in [0.5, 0.6) is 0 Å². The fraction of sp³-hybridized carbons (Fsp3) is 0.217. The molecule has 0 fully saturated rings. The molecular formula is C23H24BrClOSi. The van der Waals surface area contributed by atoms with E-state index in [9.17, 15) is 0 Å². The minimum Gasteiger partial charge on any atom is -0.403 e. The highest BCUT2D eigenvalue weighted by molar-refractivity contribution is 9.10. The minimum absolute atomic E-state index is 0.0284. The third-order valence-electron chi connectivity index (χ3n) is 4.86. The Morgan fingerprint density at radius 1 is 0.852 bits per heavy atom. The highest BCUT2D eigenvalue weighted by Crippen LogP contribution is 2.37. The maximum Gasteiger partial charge on any atom is 0.261 e. The van der Waals surface area contributed by atoms with Crippen LogP contribution < -0.4 is 10.4 Å². The van der Waals surface area contributed by atoms with Crippen LogP contribution in [0.3, 0.4) is 0 Å². The first-order valence-electron chi connectivity index (χ1n) is 9.03. The van der Waals surface area contributed by atoms with E-state index in [1.54, 1.807) is 0 Å². The SMILES string of the molecule is CC(C)(C)[Si](OCc1ccc(Cl)c(Br)c1)(c1ccccc1)c1ccccc1. The lowest BCUT2D eigenvalue weighted by molar-refractivity contribution is 0.286. The number of hydrogen-bond donors (Lipinski definition) is 0. The molecule has 0 heterocycles. The van der Waals surface area contributed by atoms with Gasteiger partial charge >= 0.3 is 0 Å². The molecule has 1 nitrogen and oxygen atoms in total. The van der Waals surface area contributed by atoms with E-state index in [1.807, 2.05) is 18.2 Å². The van der Waals surface area contributed by atoms with Gasteiger partial charge in [0.2, 0.25) is 0 Å². The summed E-state index contributed by atoms with van der Waals surface area (Å²) in [6.45, 7) is 7.41. The predicted octanol–water partition coefficient (Wildman–Crippen LogP) is 6.18. The maximum absolute atomic E-state index is 6.92. The topological polar surface area (TPSA) is 9.23 Å². The third-order valence-corrected chi connectivity index (χ3v) is 11.1. The summed E-state index contributed by atoms with van der Waals surface area (Å²) >= 11 is 9.68. The molecule has 0 aliphatic rings. The second kappa shape index (κ2) is 8.32. The third kappa shape index (κ3) is 4.22. The summed E-state index contributed by atoms with van der Waals surface area (Å²) in [5.41, 5.74) is 1.11. The van der Waals surface area contributed by atoms with Crippen LogP contribution in [0.15, 0.2) is 83.3 Å². The van der Waals surface area contributed by atoms with Crippen LogP contribution in [-0.4, -0.2) is 8.32 Å². The molecule has 0 saturated carbocycles. The smallest absolute Gasteiger partial charge is 0.261 e. The van der Waals surface area contributed by atoms with Gasteiger partial charge in [0, 0.05) is 4.47 Å². The van der Waals surface area contributed by atoms with Gasteiger partial charge in [-0.05, 0) is 49.0 Å². The molecule has 0 aliphatic heterocycles. The van der Waals surface area contributed by atoms with Crippen molar-refractivity contribution < 1.29 is 4.43 Å². The zero-order chi connectivity index (χ0) is 19.5. The molecule has 0 atom stereocenters. The molecule has 3 aromatic rings. The quantitative estimate of drug-likeness (QED) is 0.414. The second-order valence-electron chi connectivity index (χ2n) is 7.70. The monoisotopic (exact) mass is 458 g/mol. The molecule has 0 bridgehead atoms. The molecule has 4 heteroatoms. The van der Waals surface area contributed by atoms with Gasteiger partial charge < -0.3 is 4.43 Å². The first-order chi connectivity index (χ1) is 12.8. The summed E-state index contributed by atoms with van der Waals surface area (Å²) in [5.74, 6) is 0. The average Bonchev–Trinajstić information content (AvgIpc) is 2.66. The Kier molecular flexibility index (Phi) is 6.27. The summed E-state index contributed by atoms with van der Waals surface area (Å²) < 4.78 is 7.82. The molecule has 0 N–H and O–H groups in total. The first kappa shape index (κ1) is 20.3. The van der Waals surface area contributed by atoms with E-state index in [0.717, 1.165) is 10.0 Å². The van der Waals surface area contributed by atoms with Gasteiger partial charge in [0.25, 0.3) is 8.32 Å². The Morgan fingerprint density at radius 2 is 1.37 bits per heavy atom. The van der Waals surface area contributed by atoms with Crippen molar-refractivity contribution in [3.63, 3.8) is 0 Å². The van der Waals surface area contributed by atoms with Gasteiger partial charge in [0.15, 0.2) is 0 Å². The first-order valence-corrected chi connectivity index (χ1v) is 12.1. The van der Waals surface area contributed by atoms with Crippen molar-refractivity contribution in [2.75, 3.05) is 0 Å². The van der Waals surface area contributed by atoms with E-state index < -0.39 is 8.32 Å².